The van der Waals surface area contributed by atoms with Gasteiger partial charge in [-0.3, -0.25) is 0 Å². The van der Waals surface area contributed by atoms with Crippen LogP contribution in [0.15, 0.2) is 24.3 Å². The highest BCUT2D eigenvalue weighted by Crippen LogP contribution is 2.38. The Morgan fingerprint density at radius 3 is 2.75 bits per heavy atom. The van der Waals surface area contributed by atoms with Crippen LogP contribution < -0.4 is 10.2 Å². The Morgan fingerprint density at radius 1 is 1.18 bits per heavy atom. The van der Waals surface area contributed by atoms with E-state index in [4.69, 9.17) is 19.7 Å². The van der Waals surface area contributed by atoms with Crippen LogP contribution in [0.2, 0.25) is 0 Å². The molecule has 0 amide bonds. The first kappa shape index (κ1) is 19.1. The number of fused-ring (bicyclic) bond motifs is 1. The summed E-state index contributed by atoms with van der Waals surface area (Å²) in [5.41, 5.74) is 2.99. The van der Waals surface area contributed by atoms with Gasteiger partial charge in [0.25, 0.3) is 0 Å². The third-order valence-electron chi connectivity index (χ3n) is 5.27. The molecule has 0 radical (unpaired) electrons. The fourth-order valence-corrected chi connectivity index (χ4v) is 4.95. The molecule has 2 aromatic heterocycles. The number of aromatic nitrogens is 3. The van der Waals surface area contributed by atoms with E-state index >= 15 is 0 Å². The van der Waals surface area contributed by atoms with Gasteiger partial charge >= 0.3 is 0 Å². The van der Waals surface area contributed by atoms with Crippen molar-refractivity contribution in [3.63, 3.8) is 0 Å². The van der Waals surface area contributed by atoms with Gasteiger partial charge in [0.1, 0.15) is 10.8 Å². The first-order valence-electron chi connectivity index (χ1n) is 9.72. The van der Waals surface area contributed by atoms with Gasteiger partial charge in [0.05, 0.1) is 21.5 Å². The van der Waals surface area contributed by atoms with Crippen LogP contribution in [0.5, 0.6) is 0 Å². The number of para-hydroxylation sites is 1. The van der Waals surface area contributed by atoms with E-state index in [1.165, 1.54) is 11.1 Å². The molecule has 2 atom stereocenters. The summed E-state index contributed by atoms with van der Waals surface area (Å²) in [5.74, 6) is 2.22. The summed E-state index contributed by atoms with van der Waals surface area (Å²) in [7, 11) is 5.73. The van der Waals surface area contributed by atoms with Gasteiger partial charge in [0.2, 0.25) is 5.95 Å². The molecular formula is C21H27N5OS. The lowest BCUT2D eigenvalue weighted by molar-refractivity contribution is 0.154. The molecule has 1 aliphatic carbocycles. The highest BCUT2D eigenvalue weighted by atomic mass is 32.1. The maximum absolute atomic E-state index is 5.35. The van der Waals surface area contributed by atoms with Crippen LogP contribution in [-0.4, -0.2) is 48.8 Å². The molecule has 7 heteroatoms. The topological polar surface area (TPSA) is 63.2 Å². The molecule has 1 fully saturated rings. The maximum Gasteiger partial charge on any atom is 0.227 e. The third-order valence-corrected chi connectivity index (χ3v) is 6.32. The van der Waals surface area contributed by atoms with Gasteiger partial charge in [-0.1, -0.05) is 12.1 Å². The smallest absolute Gasteiger partial charge is 0.227 e. The largest absolute Gasteiger partial charge is 0.384 e. The number of ether oxygens (including phenoxy) is 1. The Balaban J connectivity index is 1.72. The number of nitrogens with one attached hydrogen (secondary N) is 1. The zero-order chi connectivity index (χ0) is 19.7. The summed E-state index contributed by atoms with van der Waals surface area (Å²) < 4.78 is 6.53. The van der Waals surface area contributed by atoms with Crippen molar-refractivity contribution < 1.29 is 4.74 Å². The number of aryl methyl sites for hydroxylation is 1. The monoisotopic (exact) mass is 397 g/mol. The van der Waals surface area contributed by atoms with Crippen molar-refractivity contribution in [1.29, 1.82) is 0 Å². The molecule has 4 rings (SSSR count). The van der Waals surface area contributed by atoms with Crippen molar-refractivity contribution in [2.24, 2.45) is 5.92 Å². The first-order chi connectivity index (χ1) is 13.5. The second-order valence-corrected chi connectivity index (χ2v) is 8.72. The summed E-state index contributed by atoms with van der Waals surface area (Å²) >= 11 is 1.69. The van der Waals surface area contributed by atoms with Gasteiger partial charge < -0.3 is 15.0 Å². The van der Waals surface area contributed by atoms with Crippen molar-refractivity contribution in [2.45, 2.75) is 32.2 Å². The molecule has 1 aromatic carbocycles. The lowest BCUT2D eigenvalue weighted by atomic mass is 10.1. The van der Waals surface area contributed by atoms with Gasteiger partial charge in [-0.2, -0.15) is 4.98 Å². The molecule has 2 heterocycles. The quantitative estimate of drug-likeness (QED) is 0.667. The van der Waals surface area contributed by atoms with Gasteiger partial charge in [-0.25, -0.2) is 9.97 Å². The van der Waals surface area contributed by atoms with Crippen LogP contribution in [0.1, 0.15) is 25.0 Å². The van der Waals surface area contributed by atoms with Gasteiger partial charge in [0.15, 0.2) is 0 Å². The van der Waals surface area contributed by atoms with E-state index < -0.39 is 0 Å². The second-order valence-electron chi connectivity index (χ2n) is 7.69. The molecule has 28 heavy (non-hydrogen) atoms. The molecule has 0 saturated heterocycles. The van der Waals surface area contributed by atoms with Crippen LogP contribution in [0.3, 0.4) is 0 Å². The predicted octanol–water partition coefficient (Wildman–Crippen LogP) is 4.35. The number of rotatable bonds is 6. The Labute approximate surface area is 170 Å². The van der Waals surface area contributed by atoms with Gasteiger partial charge in [0, 0.05) is 33.9 Å². The van der Waals surface area contributed by atoms with E-state index in [0.29, 0.717) is 12.0 Å². The van der Waals surface area contributed by atoms with Gasteiger partial charge in [-0.05, 0) is 44.2 Å². The summed E-state index contributed by atoms with van der Waals surface area (Å²) in [4.78, 5) is 16.4. The normalized spacial score (nSPS) is 19.3. The van der Waals surface area contributed by atoms with Gasteiger partial charge in [-0.15, -0.1) is 11.3 Å². The third kappa shape index (κ3) is 3.82. The van der Waals surface area contributed by atoms with Crippen LogP contribution >= 0.6 is 11.3 Å². The predicted molar refractivity (Wildman–Crippen MR) is 116 cm³/mol. The molecule has 1 N–H and O–H groups in total. The number of anilines is 2. The highest BCUT2D eigenvalue weighted by Gasteiger charge is 2.27. The number of methoxy groups -OCH3 is 1. The minimum absolute atomic E-state index is 0.401. The Hall–Kier alpha value is -2.25. The van der Waals surface area contributed by atoms with E-state index in [2.05, 4.69) is 23.5 Å². The van der Waals surface area contributed by atoms with E-state index in [-0.39, 0.29) is 0 Å². The first-order valence-corrected chi connectivity index (χ1v) is 10.5. The Kier molecular flexibility index (Phi) is 5.46. The summed E-state index contributed by atoms with van der Waals surface area (Å²) in [6.07, 6.45) is 3.42. The van der Waals surface area contributed by atoms with Crippen molar-refractivity contribution in [2.75, 3.05) is 38.0 Å². The Morgan fingerprint density at radius 2 is 2.00 bits per heavy atom. The summed E-state index contributed by atoms with van der Waals surface area (Å²) in [6, 6.07) is 8.64. The number of hydrogen-bond acceptors (Lipinski definition) is 7. The van der Waals surface area contributed by atoms with Crippen molar-refractivity contribution >= 4 is 33.3 Å². The Bertz CT molecular complexity index is 938. The SMILES string of the molecule is COC[C@@H]1CC[C@H](Nc2nc(N(C)C)nc(C)c2-c2nc3ccccc3s2)C1. The molecule has 3 aromatic rings. The molecule has 1 saturated carbocycles. The zero-order valence-electron chi connectivity index (χ0n) is 16.9. The second kappa shape index (κ2) is 8.01. The number of thiazole rings is 1. The molecule has 0 spiro atoms. The fraction of sp³-hybridized carbons (Fsp3) is 0.476. The van der Waals surface area contributed by atoms with Crippen LogP contribution in [-0.2, 0) is 4.74 Å². The summed E-state index contributed by atoms with van der Waals surface area (Å²) in [5, 5.41) is 4.68. The van der Waals surface area contributed by atoms with E-state index in [1.807, 2.05) is 32.0 Å². The molecule has 0 aliphatic heterocycles. The van der Waals surface area contributed by atoms with Crippen molar-refractivity contribution in [1.82, 2.24) is 15.0 Å². The van der Waals surface area contributed by atoms with E-state index in [1.54, 1.807) is 18.4 Å². The number of hydrogen-bond donors (Lipinski definition) is 1. The molecule has 6 nitrogen and oxygen atoms in total. The molecule has 0 unspecified atom stereocenters. The van der Waals surface area contributed by atoms with Crippen molar-refractivity contribution in [3.8, 4) is 10.6 Å². The van der Waals surface area contributed by atoms with Crippen LogP contribution in [0.4, 0.5) is 11.8 Å². The minimum Gasteiger partial charge on any atom is -0.384 e. The molecule has 0 bridgehead atoms. The van der Waals surface area contributed by atoms with E-state index in [0.717, 1.165) is 53.0 Å². The maximum atomic E-state index is 5.35. The average molecular weight is 398 g/mol. The zero-order valence-corrected chi connectivity index (χ0v) is 17.7. The van der Waals surface area contributed by atoms with E-state index in [9.17, 15) is 0 Å². The lowest BCUT2D eigenvalue weighted by Gasteiger charge is -2.20. The standard InChI is InChI=1S/C21H27N5OS/c1-13-18(20-24-16-7-5-6-8-17(16)28-20)19(25-21(22-13)26(2)3)23-15-10-9-14(11-15)12-27-4/h5-8,14-15H,9-12H2,1-4H3,(H,22,23,25)/t14-,15+/m1/s1. The lowest BCUT2D eigenvalue weighted by Crippen LogP contribution is -2.21. The minimum atomic E-state index is 0.401. The molecular weight excluding hydrogens is 370 g/mol. The number of nitrogens with zero attached hydrogens (tertiary/aromatic N) is 4. The summed E-state index contributed by atoms with van der Waals surface area (Å²) in [6.45, 7) is 2.87. The van der Waals surface area contributed by atoms with Crippen LogP contribution in [0.25, 0.3) is 20.8 Å². The fourth-order valence-electron chi connectivity index (χ4n) is 3.88. The van der Waals surface area contributed by atoms with Crippen LogP contribution in [0, 0.1) is 12.8 Å². The highest BCUT2D eigenvalue weighted by molar-refractivity contribution is 7.21. The van der Waals surface area contributed by atoms with Crippen molar-refractivity contribution in [3.05, 3.63) is 30.0 Å². The molecule has 1 aliphatic rings. The molecule has 148 valence electrons. The number of benzene rings is 1. The average Bonchev–Trinajstić information content (AvgIpc) is 3.28.